The van der Waals surface area contributed by atoms with Crippen LogP contribution in [0.15, 0.2) is 35.5 Å². The topological polar surface area (TPSA) is 117 Å². The summed E-state index contributed by atoms with van der Waals surface area (Å²) in [5.41, 5.74) is -2.18. The third-order valence-electron chi connectivity index (χ3n) is 5.50. The number of carbonyl (C=O) groups is 1. The number of amides is 1. The van der Waals surface area contributed by atoms with Gasteiger partial charge in [0, 0.05) is 25.3 Å². The van der Waals surface area contributed by atoms with E-state index in [4.69, 9.17) is 19.1 Å². The minimum Gasteiger partial charge on any atom is -0.470 e. The fourth-order valence-electron chi connectivity index (χ4n) is 3.78. The lowest BCUT2D eigenvalue weighted by atomic mass is 10.0. The van der Waals surface area contributed by atoms with Crippen LogP contribution in [0.3, 0.4) is 0 Å². The molecule has 4 rings (SSSR count). The summed E-state index contributed by atoms with van der Waals surface area (Å²) in [7, 11) is 0. The molecule has 0 radical (unpaired) electrons. The van der Waals surface area contributed by atoms with Gasteiger partial charge in [-0.05, 0) is 33.3 Å². The van der Waals surface area contributed by atoms with Crippen molar-refractivity contribution in [2.45, 2.75) is 46.7 Å². The molecule has 0 saturated heterocycles. The Morgan fingerprint density at radius 1 is 1.18 bits per heavy atom. The average Bonchev–Trinajstić information content (AvgIpc) is 3.25. The fraction of sp³-hybridized carbons (Fsp3) is 0.280. The molecule has 14 heteroatoms. The van der Waals surface area contributed by atoms with Gasteiger partial charge in [-0.2, -0.15) is 10.1 Å². The van der Waals surface area contributed by atoms with Crippen LogP contribution < -0.4 is 15.6 Å². The highest BCUT2D eigenvalue weighted by Gasteiger charge is 2.29. The molecule has 204 valence electrons. The zero-order valence-corrected chi connectivity index (χ0v) is 22.1. The molecule has 10 nitrogen and oxygen atoms in total. The first-order chi connectivity index (χ1) is 19.0. The van der Waals surface area contributed by atoms with E-state index < -0.39 is 51.7 Å². The predicted molar refractivity (Wildman–Crippen MR) is 135 cm³/mol. The average molecular weight is 564 g/mol. The van der Waals surface area contributed by atoms with Crippen molar-refractivity contribution < 1.29 is 25.4 Å². The van der Waals surface area contributed by atoms with Crippen molar-refractivity contribution in [3.63, 3.8) is 0 Å². The van der Waals surface area contributed by atoms with Crippen LogP contribution in [-0.2, 0) is 16.9 Å². The maximum Gasteiger partial charge on any atom is 0.280 e. The summed E-state index contributed by atoms with van der Waals surface area (Å²) in [4.78, 5) is 36.7. The van der Waals surface area contributed by atoms with E-state index in [0.717, 1.165) is 15.4 Å². The van der Waals surface area contributed by atoms with Gasteiger partial charge in [0.05, 0.1) is 26.4 Å². The van der Waals surface area contributed by atoms with Crippen LogP contribution in [0, 0.1) is 31.3 Å². The zero-order chi connectivity index (χ0) is 30.4. The molecule has 0 atom stereocenters. The maximum atomic E-state index is 14.8. The van der Waals surface area contributed by atoms with E-state index in [9.17, 15) is 22.8 Å². The van der Waals surface area contributed by atoms with Gasteiger partial charge in [-0.15, -0.1) is 0 Å². The van der Waals surface area contributed by atoms with Crippen molar-refractivity contribution in [2.75, 3.05) is 0 Å². The highest BCUT2D eigenvalue weighted by Crippen LogP contribution is 2.25. The smallest absolute Gasteiger partial charge is 0.280 e. The molecule has 0 aliphatic heterocycles. The third-order valence-corrected chi connectivity index (χ3v) is 5.83. The van der Waals surface area contributed by atoms with Gasteiger partial charge < -0.3 is 10.1 Å². The van der Waals surface area contributed by atoms with E-state index >= 15 is 0 Å². The van der Waals surface area contributed by atoms with Crippen molar-refractivity contribution in [3.8, 4) is 17.4 Å². The van der Waals surface area contributed by atoms with E-state index in [2.05, 4.69) is 25.4 Å². The Morgan fingerprint density at radius 2 is 1.90 bits per heavy atom. The fourth-order valence-corrected chi connectivity index (χ4v) is 3.95. The van der Waals surface area contributed by atoms with Crippen LogP contribution in [0.5, 0.6) is 5.88 Å². The molecular formula is C25H23ClF3N7O3. The van der Waals surface area contributed by atoms with E-state index in [1.54, 1.807) is 20.8 Å². The molecule has 4 aromatic heterocycles. The van der Waals surface area contributed by atoms with Gasteiger partial charge in [-0.25, -0.2) is 22.8 Å². The molecule has 39 heavy (non-hydrogen) atoms. The molecule has 0 fully saturated rings. The predicted octanol–water partition coefficient (Wildman–Crippen LogP) is 3.85. The summed E-state index contributed by atoms with van der Waals surface area (Å²) in [5, 5.41) is 6.23. The van der Waals surface area contributed by atoms with Crippen molar-refractivity contribution in [1.29, 1.82) is 0 Å². The molecule has 0 aromatic carbocycles. The second-order valence-electron chi connectivity index (χ2n) is 9.01. The normalized spacial score (nSPS) is 12.6. The van der Waals surface area contributed by atoms with E-state index in [0.29, 0.717) is 17.8 Å². The Balaban J connectivity index is 1.75. The van der Waals surface area contributed by atoms with Gasteiger partial charge >= 0.3 is 0 Å². The van der Waals surface area contributed by atoms with Crippen LogP contribution in [0.1, 0.15) is 46.3 Å². The number of aromatic nitrogens is 6. The van der Waals surface area contributed by atoms with Gasteiger partial charge in [-0.1, -0.05) is 11.6 Å². The second kappa shape index (κ2) is 10.5. The van der Waals surface area contributed by atoms with Crippen molar-refractivity contribution >= 4 is 17.5 Å². The molecule has 1 N–H and O–H groups in total. The quantitative estimate of drug-likeness (QED) is 0.363. The lowest BCUT2D eigenvalue weighted by molar-refractivity contribution is -0.120. The lowest BCUT2D eigenvalue weighted by Crippen LogP contribution is -2.40. The minimum absolute atomic E-state index is 0.00267. The first-order valence-corrected chi connectivity index (χ1v) is 11.7. The molecule has 4 heterocycles. The lowest BCUT2D eigenvalue weighted by Gasteiger charge is -2.23. The number of aryl methyl sites for hydroxylation is 2. The van der Waals surface area contributed by atoms with Gasteiger partial charge in [0.15, 0.2) is 22.5 Å². The largest absolute Gasteiger partial charge is 0.470 e. The second-order valence-corrected chi connectivity index (χ2v) is 9.39. The Labute approximate surface area is 228 Å². The molecule has 0 aliphatic rings. The van der Waals surface area contributed by atoms with Gasteiger partial charge in [0.25, 0.3) is 5.56 Å². The SMILES string of the molecule is [2H]C([2H])(Oc1nc(C)n(-c2cc(-n3cc(F)c(C(C)(C)NC(C)=O)n3)ncc2C)c(=O)c1Cl)c1ncc(F)cc1F. The Hall–Kier alpha value is -4.26. The molecule has 0 unspecified atom stereocenters. The highest BCUT2D eigenvalue weighted by molar-refractivity contribution is 6.31. The van der Waals surface area contributed by atoms with Gasteiger partial charge in [0.1, 0.15) is 29.6 Å². The Morgan fingerprint density at radius 3 is 2.56 bits per heavy atom. The number of nitrogens with one attached hydrogen (secondary N) is 1. The summed E-state index contributed by atoms with van der Waals surface area (Å²) in [6.45, 7) is 4.56. The van der Waals surface area contributed by atoms with E-state index in [1.807, 2.05) is 0 Å². The summed E-state index contributed by atoms with van der Waals surface area (Å²) in [5.74, 6) is -3.94. The first kappa shape index (κ1) is 25.0. The molecular weight excluding hydrogens is 539 g/mol. The van der Waals surface area contributed by atoms with Crippen LogP contribution in [0.25, 0.3) is 11.5 Å². The number of hydrogen-bond donors (Lipinski definition) is 1. The van der Waals surface area contributed by atoms with Crippen LogP contribution in [0.4, 0.5) is 13.2 Å². The van der Waals surface area contributed by atoms with E-state index in [1.165, 1.54) is 26.1 Å². The molecule has 0 aliphatic carbocycles. The first-order valence-electron chi connectivity index (χ1n) is 12.3. The zero-order valence-electron chi connectivity index (χ0n) is 23.3. The van der Waals surface area contributed by atoms with Crippen molar-refractivity contribution in [3.05, 3.63) is 86.3 Å². The van der Waals surface area contributed by atoms with Crippen molar-refractivity contribution in [1.82, 2.24) is 34.6 Å². The number of carbonyl (C=O) groups excluding carboxylic acids is 1. The number of rotatable bonds is 7. The molecule has 0 spiro atoms. The summed E-state index contributed by atoms with van der Waals surface area (Å²) >= 11 is 6.22. The Bertz CT molecular complexity index is 1740. The Kier molecular flexibility index (Phi) is 6.73. The minimum atomic E-state index is -2.97. The molecule has 0 bridgehead atoms. The number of pyridine rings is 2. The van der Waals surface area contributed by atoms with Gasteiger partial charge in [-0.3, -0.25) is 19.1 Å². The summed E-state index contributed by atoms with van der Waals surface area (Å²) in [6, 6.07) is 1.86. The van der Waals surface area contributed by atoms with Crippen LogP contribution in [0.2, 0.25) is 5.02 Å². The monoisotopic (exact) mass is 563 g/mol. The highest BCUT2D eigenvalue weighted by atomic mass is 35.5. The van der Waals surface area contributed by atoms with Gasteiger partial charge in [0.2, 0.25) is 11.8 Å². The number of ether oxygens (including phenoxy) is 1. The van der Waals surface area contributed by atoms with Crippen LogP contribution in [-0.4, -0.2) is 35.2 Å². The summed E-state index contributed by atoms with van der Waals surface area (Å²) < 4.78 is 65.8. The molecule has 1 amide bonds. The summed E-state index contributed by atoms with van der Waals surface area (Å²) in [6.07, 6.45) is 3.09. The number of nitrogens with zero attached hydrogens (tertiary/aromatic N) is 6. The number of halogens is 4. The van der Waals surface area contributed by atoms with Crippen molar-refractivity contribution in [2.24, 2.45) is 0 Å². The molecule has 4 aromatic rings. The third kappa shape index (κ3) is 5.62. The van der Waals surface area contributed by atoms with Crippen LogP contribution >= 0.6 is 11.6 Å². The number of hydrogen-bond acceptors (Lipinski definition) is 7. The maximum absolute atomic E-state index is 14.8. The standard InChI is InChI=1S/C25H23ClF3N7O3/c1-12-8-31-20(35-10-17(29)22(34-35)25(4,5)33-14(3)37)7-19(12)36-13(2)32-23(21(26)24(36)38)39-11-18-16(28)6-15(27)9-30-18/h6-10H,11H2,1-5H3,(H,33,37)/i11D2. The van der Waals surface area contributed by atoms with E-state index in [-0.39, 0.29) is 28.9 Å². The molecule has 0 saturated carbocycles.